The summed E-state index contributed by atoms with van der Waals surface area (Å²) in [5, 5.41) is 3.37. The van der Waals surface area contributed by atoms with Gasteiger partial charge in [0.05, 0.1) is 0 Å². The molecule has 0 radical (unpaired) electrons. The van der Waals surface area contributed by atoms with Crippen molar-refractivity contribution in [2.24, 2.45) is 11.7 Å². The van der Waals surface area contributed by atoms with Gasteiger partial charge in [0.25, 0.3) is 0 Å². The minimum atomic E-state index is 0.378. The van der Waals surface area contributed by atoms with Gasteiger partial charge in [0.15, 0.2) is 0 Å². The van der Waals surface area contributed by atoms with Gasteiger partial charge in [-0.1, -0.05) is 6.42 Å². The molecule has 1 saturated carbocycles. The third-order valence-electron chi connectivity index (χ3n) is 2.80. The summed E-state index contributed by atoms with van der Waals surface area (Å²) in [5.74, 6) is 0.795. The zero-order valence-electron chi connectivity index (χ0n) is 7.64. The highest BCUT2D eigenvalue weighted by Gasteiger charge is 2.27. The van der Waals surface area contributed by atoms with E-state index in [-0.39, 0.29) is 0 Å². The number of rotatable bonds is 4. The molecule has 0 aromatic rings. The molecule has 0 aliphatic heterocycles. The molecule has 1 rings (SSSR count). The summed E-state index contributed by atoms with van der Waals surface area (Å²) >= 11 is 0. The van der Waals surface area contributed by atoms with Crippen molar-refractivity contribution in [2.75, 3.05) is 6.44 Å². The SMILES string of the molecule is BCN[C@@H](C)[C@H](N)C1CCC1. The third kappa shape index (κ3) is 2.21. The molecule has 1 aliphatic rings. The predicted molar refractivity (Wildman–Crippen MR) is 51.3 cm³/mol. The smallest absolute Gasteiger partial charge is 0.119 e. The molecule has 64 valence electrons. The topological polar surface area (TPSA) is 38.0 Å². The van der Waals surface area contributed by atoms with E-state index in [1.165, 1.54) is 19.3 Å². The Bertz CT molecular complexity index is 115. The summed E-state index contributed by atoms with van der Waals surface area (Å²) in [5.41, 5.74) is 6.05. The molecule has 0 aromatic heterocycles. The van der Waals surface area contributed by atoms with Crippen molar-refractivity contribution in [3.63, 3.8) is 0 Å². The molecule has 1 aliphatic carbocycles. The van der Waals surface area contributed by atoms with Crippen LogP contribution in [-0.2, 0) is 0 Å². The zero-order valence-corrected chi connectivity index (χ0v) is 7.64. The first kappa shape index (κ1) is 9.08. The average molecular weight is 154 g/mol. The molecular formula is C8H19BN2. The van der Waals surface area contributed by atoms with E-state index < -0.39 is 0 Å². The van der Waals surface area contributed by atoms with Gasteiger partial charge >= 0.3 is 0 Å². The molecule has 0 bridgehead atoms. The van der Waals surface area contributed by atoms with Gasteiger partial charge in [-0.2, -0.15) is 0 Å². The molecule has 2 atom stereocenters. The van der Waals surface area contributed by atoms with Crippen LogP contribution in [0.5, 0.6) is 0 Å². The van der Waals surface area contributed by atoms with Gasteiger partial charge in [-0.25, -0.2) is 0 Å². The maximum absolute atomic E-state index is 6.05. The van der Waals surface area contributed by atoms with Crippen molar-refractivity contribution in [1.29, 1.82) is 0 Å². The first-order valence-electron chi connectivity index (χ1n) is 4.74. The Balaban J connectivity index is 2.21. The Morgan fingerprint density at radius 3 is 2.64 bits per heavy atom. The molecule has 11 heavy (non-hydrogen) atoms. The molecule has 1 fully saturated rings. The Labute approximate surface area is 70.3 Å². The minimum absolute atomic E-state index is 0.378. The molecule has 0 saturated heterocycles. The molecule has 0 amide bonds. The fourth-order valence-electron chi connectivity index (χ4n) is 1.69. The van der Waals surface area contributed by atoms with E-state index in [1.807, 2.05) is 0 Å². The lowest BCUT2D eigenvalue weighted by atomic mass is 9.77. The number of hydrogen-bond acceptors (Lipinski definition) is 2. The first-order valence-corrected chi connectivity index (χ1v) is 4.74. The van der Waals surface area contributed by atoms with Crippen LogP contribution in [0.2, 0.25) is 0 Å². The van der Waals surface area contributed by atoms with Crippen LogP contribution in [0.15, 0.2) is 0 Å². The van der Waals surface area contributed by atoms with Crippen LogP contribution in [0.1, 0.15) is 26.2 Å². The van der Waals surface area contributed by atoms with Crippen molar-refractivity contribution in [2.45, 2.75) is 38.3 Å². The van der Waals surface area contributed by atoms with Crippen LogP contribution in [0.4, 0.5) is 0 Å². The zero-order chi connectivity index (χ0) is 8.27. The maximum Gasteiger partial charge on any atom is 0.119 e. The summed E-state index contributed by atoms with van der Waals surface area (Å²) in [4.78, 5) is 0. The van der Waals surface area contributed by atoms with E-state index in [2.05, 4.69) is 20.1 Å². The van der Waals surface area contributed by atoms with Crippen LogP contribution in [0, 0.1) is 5.92 Å². The highest BCUT2D eigenvalue weighted by Crippen LogP contribution is 2.29. The standard InChI is InChI=1S/C8H19BN2/c1-6(11-5-9)8(10)7-3-2-4-7/h6-8,11H,2-5,9-10H2,1H3/t6-,8-/m0/s1. The van der Waals surface area contributed by atoms with Crippen molar-refractivity contribution < 1.29 is 0 Å². The second-order valence-corrected chi connectivity index (χ2v) is 3.61. The van der Waals surface area contributed by atoms with E-state index in [1.54, 1.807) is 0 Å². The van der Waals surface area contributed by atoms with E-state index in [0.29, 0.717) is 12.1 Å². The van der Waals surface area contributed by atoms with Gasteiger partial charge < -0.3 is 11.1 Å². The summed E-state index contributed by atoms with van der Waals surface area (Å²) in [6.45, 7) is 2.19. The van der Waals surface area contributed by atoms with Crippen molar-refractivity contribution in [1.82, 2.24) is 5.32 Å². The molecule has 2 nitrogen and oxygen atoms in total. The molecule has 3 heteroatoms. The van der Waals surface area contributed by atoms with Crippen LogP contribution in [0.25, 0.3) is 0 Å². The average Bonchev–Trinajstić information content (AvgIpc) is 1.84. The highest BCUT2D eigenvalue weighted by molar-refractivity contribution is 6.08. The van der Waals surface area contributed by atoms with Gasteiger partial charge in [-0.15, -0.1) is 0 Å². The number of nitrogens with two attached hydrogens (primary N) is 1. The molecule has 3 N–H and O–H groups in total. The van der Waals surface area contributed by atoms with E-state index in [0.717, 1.165) is 12.4 Å². The second-order valence-electron chi connectivity index (χ2n) is 3.61. The van der Waals surface area contributed by atoms with Gasteiger partial charge in [0, 0.05) is 12.1 Å². The molecule has 0 heterocycles. The predicted octanol–water partition coefficient (Wildman–Crippen LogP) is -0.318. The van der Waals surface area contributed by atoms with Gasteiger partial charge in [0.2, 0.25) is 0 Å². The van der Waals surface area contributed by atoms with Crippen molar-refractivity contribution in [3.8, 4) is 0 Å². The Morgan fingerprint density at radius 2 is 2.27 bits per heavy atom. The lowest BCUT2D eigenvalue weighted by Crippen LogP contribution is -2.49. The minimum Gasteiger partial charge on any atom is -0.326 e. The van der Waals surface area contributed by atoms with Crippen LogP contribution in [0.3, 0.4) is 0 Å². The van der Waals surface area contributed by atoms with Gasteiger partial charge in [-0.3, -0.25) is 0 Å². The quantitative estimate of drug-likeness (QED) is 0.545. The van der Waals surface area contributed by atoms with Crippen molar-refractivity contribution >= 4 is 7.85 Å². The Kier molecular flexibility index (Phi) is 3.40. The summed E-state index contributed by atoms with van der Waals surface area (Å²) in [6.07, 6.45) is 5.10. The monoisotopic (exact) mass is 154 g/mol. The molecule has 0 aromatic carbocycles. The van der Waals surface area contributed by atoms with E-state index in [9.17, 15) is 0 Å². The Hall–Kier alpha value is -0.0151. The number of hydrogen-bond donors (Lipinski definition) is 2. The fraction of sp³-hybridized carbons (Fsp3) is 1.00. The van der Waals surface area contributed by atoms with Crippen molar-refractivity contribution in [3.05, 3.63) is 0 Å². The lowest BCUT2D eigenvalue weighted by molar-refractivity contribution is 0.230. The van der Waals surface area contributed by atoms with Gasteiger partial charge in [-0.05, 0) is 32.1 Å². The molecule has 0 unspecified atom stereocenters. The van der Waals surface area contributed by atoms with E-state index >= 15 is 0 Å². The highest BCUT2D eigenvalue weighted by atomic mass is 14.9. The fourth-order valence-corrected chi connectivity index (χ4v) is 1.69. The largest absolute Gasteiger partial charge is 0.326 e. The number of nitrogens with one attached hydrogen (secondary N) is 1. The first-order chi connectivity index (χ1) is 5.25. The molecular weight excluding hydrogens is 135 g/mol. The van der Waals surface area contributed by atoms with Crippen LogP contribution < -0.4 is 11.1 Å². The third-order valence-corrected chi connectivity index (χ3v) is 2.80. The van der Waals surface area contributed by atoms with Gasteiger partial charge in [0.1, 0.15) is 7.85 Å². The summed E-state index contributed by atoms with van der Waals surface area (Å²) in [6, 6.07) is 0.869. The maximum atomic E-state index is 6.05. The summed E-state index contributed by atoms with van der Waals surface area (Å²) in [7, 11) is 2.13. The summed E-state index contributed by atoms with van der Waals surface area (Å²) < 4.78 is 0. The lowest BCUT2D eigenvalue weighted by Gasteiger charge is -2.35. The normalized spacial score (nSPS) is 24.2. The van der Waals surface area contributed by atoms with E-state index in [4.69, 9.17) is 5.73 Å². The van der Waals surface area contributed by atoms with Crippen LogP contribution in [-0.4, -0.2) is 26.4 Å². The second kappa shape index (κ2) is 4.12. The Morgan fingerprint density at radius 1 is 1.64 bits per heavy atom. The van der Waals surface area contributed by atoms with Crippen LogP contribution >= 0.6 is 0 Å². The molecule has 0 spiro atoms.